The van der Waals surface area contributed by atoms with E-state index in [1.54, 1.807) is 31.4 Å². The lowest BCUT2D eigenvalue weighted by molar-refractivity contribution is -0.114. The molecule has 0 aliphatic heterocycles. The topological polar surface area (TPSA) is 93.8 Å². The first-order valence-corrected chi connectivity index (χ1v) is 6.21. The summed E-state index contributed by atoms with van der Waals surface area (Å²) in [6.07, 6.45) is 0. The van der Waals surface area contributed by atoms with E-state index >= 15 is 0 Å². The van der Waals surface area contributed by atoms with Crippen LogP contribution in [0.4, 0.5) is 11.4 Å². The number of nitrogens with two attached hydrogens (primary N) is 1. The first-order chi connectivity index (χ1) is 9.99. The van der Waals surface area contributed by atoms with E-state index < -0.39 is 0 Å². The number of ether oxygens (including phenoxy) is 2. The molecule has 6 nitrogen and oxygen atoms in total. The molecular weight excluding hydrogens is 272 g/mol. The molecule has 0 fully saturated rings. The van der Waals surface area contributed by atoms with Crippen LogP contribution in [0.2, 0.25) is 0 Å². The number of carbonyl (C=O) groups is 1. The van der Waals surface area contributed by atoms with Crippen molar-refractivity contribution in [3.63, 3.8) is 0 Å². The van der Waals surface area contributed by atoms with Crippen LogP contribution in [0.3, 0.4) is 0 Å². The van der Waals surface area contributed by atoms with E-state index in [4.69, 9.17) is 15.2 Å². The number of methoxy groups -OCH3 is 1. The molecule has 0 spiro atoms. The lowest BCUT2D eigenvalue weighted by atomic mass is 10.2. The largest absolute Gasteiger partial charge is 0.506 e. The fourth-order valence-electron chi connectivity index (χ4n) is 1.73. The second kappa shape index (κ2) is 6.04. The van der Waals surface area contributed by atoms with Crippen molar-refractivity contribution >= 4 is 17.3 Å². The molecule has 21 heavy (non-hydrogen) atoms. The van der Waals surface area contributed by atoms with Crippen molar-refractivity contribution in [2.24, 2.45) is 0 Å². The van der Waals surface area contributed by atoms with Gasteiger partial charge in [-0.3, -0.25) is 4.79 Å². The van der Waals surface area contributed by atoms with Gasteiger partial charge in [0.2, 0.25) is 5.91 Å². The van der Waals surface area contributed by atoms with Crippen molar-refractivity contribution in [1.29, 1.82) is 0 Å². The minimum atomic E-state index is -0.300. The van der Waals surface area contributed by atoms with Crippen LogP contribution in [-0.2, 0) is 4.79 Å². The Morgan fingerprint density at radius 1 is 1.19 bits per heavy atom. The van der Waals surface area contributed by atoms with E-state index in [0.717, 1.165) is 0 Å². The zero-order valence-electron chi connectivity index (χ0n) is 11.7. The molecule has 0 saturated heterocycles. The van der Waals surface area contributed by atoms with Crippen LogP contribution in [0.5, 0.6) is 23.0 Å². The van der Waals surface area contributed by atoms with Crippen LogP contribution in [-0.4, -0.2) is 18.1 Å². The molecule has 0 bridgehead atoms. The standard InChI is InChI=1S/C15H16N2O4/c1-9(18)17-13-8-15(12(16)7-14(13)19)21-11-5-3-10(20-2)4-6-11/h3-8,19H,16H2,1-2H3,(H,17,18). The van der Waals surface area contributed by atoms with Gasteiger partial charge < -0.3 is 25.6 Å². The molecule has 0 unspecified atom stereocenters. The Hall–Kier alpha value is -2.89. The van der Waals surface area contributed by atoms with E-state index in [0.29, 0.717) is 17.2 Å². The summed E-state index contributed by atoms with van der Waals surface area (Å²) in [6.45, 7) is 1.35. The Labute approximate surface area is 122 Å². The number of benzene rings is 2. The number of nitrogens with one attached hydrogen (secondary N) is 1. The van der Waals surface area contributed by atoms with Crippen LogP contribution < -0.4 is 20.5 Å². The Kier molecular flexibility index (Phi) is 4.18. The van der Waals surface area contributed by atoms with Crippen molar-refractivity contribution in [2.45, 2.75) is 6.92 Å². The number of carbonyl (C=O) groups excluding carboxylic acids is 1. The molecule has 0 aliphatic carbocycles. The second-order valence-corrected chi connectivity index (χ2v) is 4.37. The zero-order valence-corrected chi connectivity index (χ0v) is 11.7. The van der Waals surface area contributed by atoms with E-state index in [1.165, 1.54) is 19.1 Å². The summed E-state index contributed by atoms with van der Waals surface area (Å²) in [6, 6.07) is 9.74. The van der Waals surface area contributed by atoms with Gasteiger partial charge in [-0.2, -0.15) is 0 Å². The average Bonchev–Trinajstić information content (AvgIpc) is 2.44. The van der Waals surface area contributed by atoms with E-state index in [9.17, 15) is 9.90 Å². The van der Waals surface area contributed by atoms with Gasteiger partial charge in [0.05, 0.1) is 18.5 Å². The fraction of sp³-hybridized carbons (Fsp3) is 0.133. The number of aromatic hydroxyl groups is 1. The van der Waals surface area contributed by atoms with E-state index in [-0.39, 0.29) is 23.0 Å². The summed E-state index contributed by atoms with van der Waals surface area (Å²) in [5, 5.41) is 12.2. The van der Waals surface area contributed by atoms with Crippen molar-refractivity contribution in [1.82, 2.24) is 0 Å². The van der Waals surface area contributed by atoms with Crippen molar-refractivity contribution < 1.29 is 19.4 Å². The Balaban J connectivity index is 2.27. The van der Waals surface area contributed by atoms with E-state index in [1.807, 2.05) is 0 Å². The van der Waals surface area contributed by atoms with Crippen LogP contribution in [0, 0.1) is 0 Å². The van der Waals surface area contributed by atoms with Gasteiger partial charge in [-0.15, -0.1) is 0 Å². The van der Waals surface area contributed by atoms with E-state index in [2.05, 4.69) is 5.32 Å². The molecule has 2 rings (SSSR count). The second-order valence-electron chi connectivity index (χ2n) is 4.37. The summed E-state index contributed by atoms with van der Waals surface area (Å²) in [7, 11) is 1.58. The molecule has 0 saturated carbocycles. The van der Waals surface area contributed by atoms with Crippen molar-refractivity contribution in [2.75, 3.05) is 18.2 Å². The van der Waals surface area contributed by atoms with Gasteiger partial charge >= 0.3 is 0 Å². The highest BCUT2D eigenvalue weighted by Crippen LogP contribution is 2.36. The average molecular weight is 288 g/mol. The van der Waals surface area contributed by atoms with Crippen molar-refractivity contribution in [3.05, 3.63) is 36.4 Å². The Morgan fingerprint density at radius 2 is 1.81 bits per heavy atom. The molecule has 4 N–H and O–H groups in total. The summed E-state index contributed by atoms with van der Waals surface area (Å²) in [5.74, 6) is 1.18. The molecule has 0 atom stereocenters. The molecular formula is C15H16N2O4. The lowest BCUT2D eigenvalue weighted by Gasteiger charge is -2.12. The molecule has 2 aromatic carbocycles. The minimum absolute atomic E-state index is 0.121. The maximum atomic E-state index is 11.1. The van der Waals surface area contributed by atoms with Crippen LogP contribution in [0.1, 0.15) is 6.92 Å². The predicted molar refractivity (Wildman–Crippen MR) is 79.9 cm³/mol. The van der Waals surface area contributed by atoms with Gasteiger partial charge in [0.1, 0.15) is 17.2 Å². The Bertz CT molecular complexity index is 653. The monoisotopic (exact) mass is 288 g/mol. The molecule has 1 amide bonds. The smallest absolute Gasteiger partial charge is 0.221 e. The number of anilines is 2. The van der Waals surface area contributed by atoms with Gasteiger partial charge in [-0.25, -0.2) is 0 Å². The highest BCUT2D eigenvalue weighted by Gasteiger charge is 2.10. The van der Waals surface area contributed by atoms with Crippen LogP contribution in [0.15, 0.2) is 36.4 Å². The number of hydrogen-bond donors (Lipinski definition) is 3. The summed E-state index contributed by atoms with van der Waals surface area (Å²) in [4.78, 5) is 11.1. The van der Waals surface area contributed by atoms with Crippen molar-refractivity contribution in [3.8, 4) is 23.0 Å². The number of amides is 1. The number of hydrogen-bond acceptors (Lipinski definition) is 5. The van der Waals surface area contributed by atoms with Gasteiger partial charge in [0.25, 0.3) is 0 Å². The third-order valence-electron chi connectivity index (χ3n) is 2.73. The SMILES string of the molecule is COc1ccc(Oc2cc(NC(C)=O)c(O)cc2N)cc1. The first-order valence-electron chi connectivity index (χ1n) is 6.21. The molecule has 110 valence electrons. The van der Waals surface area contributed by atoms with Gasteiger partial charge in [-0.1, -0.05) is 0 Å². The number of phenolic OH excluding ortho intramolecular Hbond substituents is 1. The summed E-state index contributed by atoms with van der Waals surface area (Å²) >= 11 is 0. The third-order valence-corrected chi connectivity index (χ3v) is 2.73. The third kappa shape index (κ3) is 3.56. The van der Waals surface area contributed by atoms with Crippen LogP contribution in [0.25, 0.3) is 0 Å². The molecule has 0 heterocycles. The quantitative estimate of drug-likeness (QED) is 0.594. The summed E-state index contributed by atoms with van der Waals surface area (Å²) < 4.78 is 10.7. The molecule has 0 radical (unpaired) electrons. The van der Waals surface area contributed by atoms with Crippen LogP contribution >= 0.6 is 0 Å². The normalized spacial score (nSPS) is 10.0. The highest BCUT2D eigenvalue weighted by atomic mass is 16.5. The van der Waals surface area contributed by atoms with Gasteiger partial charge in [0, 0.05) is 19.1 Å². The Morgan fingerprint density at radius 3 is 2.38 bits per heavy atom. The lowest BCUT2D eigenvalue weighted by Crippen LogP contribution is -2.06. The number of nitrogen functional groups attached to an aromatic ring is 1. The molecule has 2 aromatic rings. The van der Waals surface area contributed by atoms with Gasteiger partial charge in [0.15, 0.2) is 5.75 Å². The minimum Gasteiger partial charge on any atom is -0.506 e. The number of rotatable bonds is 4. The molecule has 0 aliphatic rings. The maximum absolute atomic E-state index is 11.1. The molecule has 6 heteroatoms. The number of phenols is 1. The predicted octanol–water partition coefficient (Wildman–Crippen LogP) is 2.73. The highest BCUT2D eigenvalue weighted by molar-refractivity contribution is 5.91. The maximum Gasteiger partial charge on any atom is 0.221 e. The molecule has 0 aromatic heterocycles. The van der Waals surface area contributed by atoms with Gasteiger partial charge in [-0.05, 0) is 24.3 Å². The first kappa shape index (κ1) is 14.5. The zero-order chi connectivity index (χ0) is 15.4. The summed E-state index contributed by atoms with van der Waals surface area (Å²) in [5.41, 5.74) is 6.30. The fourth-order valence-corrected chi connectivity index (χ4v) is 1.73.